The lowest BCUT2D eigenvalue weighted by molar-refractivity contribution is -0.115. The third-order valence-corrected chi connectivity index (χ3v) is 6.94. The Kier molecular flexibility index (Phi) is 7.12. The molecule has 7 heteroatoms. The fraction of sp³-hybridized carbons (Fsp3) is 0.259. The number of nitrogens with one attached hydrogen (secondary N) is 1. The minimum Gasteiger partial charge on any atom is -0.325 e. The van der Waals surface area contributed by atoms with Crippen LogP contribution in [0.2, 0.25) is 0 Å². The van der Waals surface area contributed by atoms with Gasteiger partial charge in [-0.1, -0.05) is 55.9 Å². The van der Waals surface area contributed by atoms with Crippen molar-refractivity contribution in [2.75, 3.05) is 5.32 Å². The van der Waals surface area contributed by atoms with Crippen molar-refractivity contribution in [1.29, 1.82) is 0 Å². The lowest BCUT2D eigenvalue weighted by Gasteiger charge is -2.19. The van der Waals surface area contributed by atoms with Crippen LogP contribution in [0.25, 0.3) is 16.7 Å². The molecule has 2 unspecified atom stereocenters. The molecule has 0 fully saturated rings. The highest BCUT2D eigenvalue weighted by Gasteiger charge is 2.22. The number of aryl methyl sites for hydroxylation is 1. The first-order chi connectivity index (χ1) is 16.4. The van der Waals surface area contributed by atoms with Crippen molar-refractivity contribution in [2.24, 2.45) is 0 Å². The molecule has 0 aliphatic rings. The van der Waals surface area contributed by atoms with Crippen molar-refractivity contribution in [3.05, 3.63) is 88.3 Å². The van der Waals surface area contributed by atoms with E-state index in [1.165, 1.54) is 16.3 Å². The molecule has 0 aliphatic carbocycles. The SMILES string of the molecule is CCC(C)c1ccccc1NC(=O)C(C)Sc1nc2ccccc2c(=O)n1-c1cc(C)ccn1. The molecule has 2 heterocycles. The average molecular weight is 473 g/mol. The Bertz CT molecular complexity index is 1400. The zero-order valence-electron chi connectivity index (χ0n) is 19.8. The van der Waals surface area contributed by atoms with Gasteiger partial charge in [-0.2, -0.15) is 0 Å². The molecule has 6 nitrogen and oxygen atoms in total. The number of nitrogens with zero attached hydrogens (tertiary/aromatic N) is 3. The van der Waals surface area contributed by atoms with E-state index in [2.05, 4.69) is 24.1 Å². The minimum absolute atomic E-state index is 0.146. The number of carbonyl (C=O) groups is 1. The van der Waals surface area contributed by atoms with E-state index in [9.17, 15) is 9.59 Å². The first-order valence-electron chi connectivity index (χ1n) is 11.4. The van der Waals surface area contributed by atoms with Crippen LogP contribution >= 0.6 is 11.8 Å². The molecule has 1 N–H and O–H groups in total. The molecule has 0 radical (unpaired) electrons. The van der Waals surface area contributed by atoms with Crippen LogP contribution in [0, 0.1) is 6.92 Å². The van der Waals surface area contributed by atoms with Gasteiger partial charge in [-0.05, 0) is 67.6 Å². The third kappa shape index (κ3) is 4.89. The Morgan fingerprint density at radius 2 is 1.82 bits per heavy atom. The Morgan fingerprint density at radius 1 is 1.09 bits per heavy atom. The van der Waals surface area contributed by atoms with E-state index in [0.29, 0.717) is 27.8 Å². The zero-order chi connectivity index (χ0) is 24.2. The van der Waals surface area contributed by atoms with Gasteiger partial charge in [-0.15, -0.1) is 0 Å². The molecular formula is C27H28N4O2S. The molecule has 4 rings (SSSR count). The predicted molar refractivity (Wildman–Crippen MR) is 139 cm³/mol. The van der Waals surface area contributed by atoms with Crippen molar-refractivity contribution in [3.8, 4) is 5.82 Å². The second-order valence-corrected chi connectivity index (χ2v) is 9.70. The number of para-hydroxylation sites is 2. The zero-order valence-corrected chi connectivity index (χ0v) is 20.6. The number of carbonyl (C=O) groups excluding carboxylic acids is 1. The van der Waals surface area contributed by atoms with Gasteiger partial charge < -0.3 is 5.32 Å². The van der Waals surface area contributed by atoms with Crippen LogP contribution in [0.4, 0.5) is 5.69 Å². The fourth-order valence-corrected chi connectivity index (χ4v) is 4.66. The third-order valence-electron chi connectivity index (χ3n) is 5.89. The molecule has 0 saturated heterocycles. The number of pyridine rings is 1. The monoisotopic (exact) mass is 472 g/mol. The van der Waals surface area contributed by atoms with Gasteiger partial charge >= 0.3 is 0 Å². The van der Waals surface area contributed by atoms with Gasteiger partial charge in [0.2, 0.25) is 5.91 Å². The quantitative estimate of drug-likeness (QED) is 0.275. The maximum absolute atomic E-state index is 13.4. The summed E-state index contributed by atoms with van der Waals surface area (Å²) in [7, 11) is 0. The summed E-state index contributed by atoms with van der Waals surface area (Å²) in [6, 6.07) is 18.8. The lowest BCUT2D eigenvalue weighted by Crippen LogP contribution is -2.27. The molecular weight excluding hydrogens is 444 g/mol. The predicted octanol–water partition coefficient (Wildman–Crippen LogP) is 5.72. The van der Waals surface area contributed by atoms with Gasteiger partial charge in [-0.3, -0.25) is 9.59 Å². The van der Waals surface area contributed by atoms with Crippen molar-refractivity contribution in [2.45, 2.75) is 50.4 Å². The maximum Gasteiger partial charge on any atom is 0.267 e. The van der Waals surface area contributed by atoms with Gasteiger partial charge in [0, 0.05) is 11.9 Å². The molecule has 174 valence electrons. The molecule has 0 spiro atoms. The number of hydrogen-bond donors (Lipinski definition) is 1. The summed E-state index contributed by atoms with van der Waals surface area (Å²) in [6.45, 7) is 8.05. The summed E-state index contributed by atoms with van der Waals surface area (Å²) in [5.74, 6) is 0.673. The van der Waals surface area contributed by atoms with E-state index in [4.69, 9.17) is 4.98 Å². The van der Waals surface area contributed by atoms with E-state index in [-0.39, 0.29) is 11.5 Å². The number of thioether (sulfide) groups is 1. The molecule has 2 atom stereocenters. The van der Waals surface area contributed by atoms with Gasteiger partial charge in [0.05, 0.1) is 16.2 Å². The van der Waals surface area contributed by atoms with Crippen LogP contribution in [0.1, 0.15) is 44.2 Å². The summed E-state index contributed by atoms with van der Waals surface area (Å²) in [5, 5.41) is 3.52. The van der Waals surface area contributed by atoms with Crippen LogP contribution in [0.3, 0.4) is 0 Å². The second-order valence-electron chi connectivity index (χ2n) is 8.39. The Morgan fingerprint density at radius 3 is 2.59 bits per heavy atom. The molecule has 2 aromatic heterocycles. The summed E-state index contributed by atoms with van der Waals surface area (Å²) >= 11 is 1.25. The Balaban J connectivity index is 1.70. The number of hydrogen-bond acceptors (Lipinski definition) is 5. The number of fused-ring (bicyclic) bond motifs is 1. The number of benzene rings is 2. The first kappa shape index (κ1) is 23.7. The highest BCUT2D eigenvalue weighted by molar-refractivity contribution is 8.00. The normalized spacial score (nSPS) is 12.9. The highest BCUT2D eigenvalue weighted by Crippen LogP contribution is 2.29. The van der Waals surface area contributed by atoms with Crippen molar-refractivity contribution >= 4 is 34.3 Å². The molecule has 0 saturated carbocycles. The van der Waals surface area contributed by atoms with Crippen molar-refractivity contribution in [1.82, 2.24) is 14.5 Å². The minimum atomic E-state index is -0.492. The highest BCUT2D eigenvalue weighted by atomic mass is 32.2. The van der Waals surface area contributed by atoms with Gasteiger partial charge in [0.1, 0.15) is 5.82 Å². The van der Waals surface area contributed by atoms with E-state index in [1.807, 2.05) is 68.4 Å². The molecule has 2 aromatic carbocycles. The van der Waals surface area contributed by atoms with Crippen LogP contribution in [0.5, 0.6) is 0 Å². The first-order valence-corrected chi connectivity index (χ1v) is 12.3. The number of anilines is 1. The van der Waals surface area contributed by atoms with E-state index in [0.717, 1.165) is 23.2 Å². The van der Waals surface area contributed by atoms with Gasteiger partial charge in [0.15, 0.2) is 5.16 Å². The van der Waals surface area contributed by atoms with Crippen molar-refractivity contribution < 1.29 is 4.79 Å². The summed E-state index contributed by atoms with van der Waals surface area (Å²) in [4.78, 5) is 35.7. The van der Waals surface area contributed by atoms with Crippen LogP contribution in [-0.4, -0.2) is 25.7 Å². The van der Waals surface area contributed by atoms with Crippen LogP contribution < -0.4 is 10.9 Å². The Hall–Kier alpha value is -3.45. The van der Waals surface area contributed by atoms with Gasteiger partial charge in [-0.25, -0.2) is 14.5 Å². The molecule has 4 aromatic rings. The summed E-state index contributed by atoms with van der Waals surface area (Å²) in [6.07, 6.45) is 2.65. The number of rotatable bonds is 7. The lowest BCUT2D eigenvalue weighted by atomic mass is 9.97. The maximum atomic E-state index is 13.4. The number of amides is 1. The molecule has 0 aliphatic heterocycles. The largest absolute Gasteiger partial charge is 0.325 e. The van der Waals surface area contributed by atoms with Crippen LogP contribution in [0.15, 0.2) is 76.8 Å². The molecule has 34 heavy (non-hydrogen) atoms. The topological polar surface area (TPSA) is 76.9 Å². The second kappa shape index (κ2) is 10.2. The van der Waals surface area contributed by atoms with E-state index < -0.39 is 5.25 Å². The molecule has 1 amide bonds. The van der Waals surface area contributed by atoms with Crippen LogP contribution in [-0.2, 0) is 4.79 Å². The standard InChI is InChI=1S/C27H28N4O2S/c1-5-18(3)20-10-6-8-12-22(20)29-25(32)19(4)34-27-30-23-13-9-7-11-21(23)26(33)31(27)24-16-17(2)14-15-28-24/h6-16,18-19H,5H2,1-4H3,(H,29,32). The van der Waals surface area contributed by atoms with Crippen molar-refractivity contribution in [3.63, 3.8) is 0 Å². The van der Waals surface area contributed by atoms with Gasteiger partial charge in [0.25, 0.3) is 5.56 Å². The average Bonchev–Trinajstić information content (AvgIpc) is 2.84. The smallest absolute Gasteiger partial charge is 0.267 e. The number of aromatic nitrogens is 3. The van der Waals surface area contributed by atoms with E-state index in [1.54, 1.807) is 12.3 Å². The van der Waals surface area contributed by atoms with E-state index >= 15 is 0 Å². The summed E-state index contributed by atoms with van der Waals surface area (Å²) in [5.41, 5.74) is 3.29. The summed E-state index contributed by atoms with van der Waals surface area (Å²) < 4.78 is 1.50. The molecule has 0 bridgehead atoms. The Labute approximate surface area is 203 Å². The fourth-order valence-electron chi connectivity index (χ4n) is 3.74.